The number of carbonyl (C=O) groups excluding carboxylic acids is 1. The van der Waals surface area contributed by atoms with Crippen LogP contribution >= 0.6 is 11.8 Å². The molecule has 3 heteroatoms. The number of ether oxygens (including phenoxy) is 1. The quantitative estimate of drug-likeness (QED) is 0.593. The molecule has 1 aliphatic rings. The Morgan fingerprint density at radius 3 is 3.00 bits per heavy atom. The maximum Gasteiger partial charge on any atom is 0.337 e. The molecule has 1 heterocycles. The van der Waals surface area contributed by atoms with E-state index >= 15 is 0 Å². The number of esters is 1. The normalized spacial score (nSPS) is 20.4. The molecule has 11 heavy (non-hydrogen) atoms. The first kappa shape index (κ1) is 8.40. The van der Waals surface area contributed by atoms with Crippen LogP contribution in [0.2, 0.25) is 0 Å². The maximum absolute atomic E-state index is 10.7. The van der Waals surface area contributed by atoms with E-state index in [0.29, 0.717) is 5.76 Å². The van der Waals surface area contributed by atoms with Crippen LogP contribution in [-0.2, 0) is 9.53 Å². The molecule has 0 spiro atoms. The zero-order chi connectivity index (χ0) is 8.27. The molecular formula is C8H10O2S. The molecule has 0 saturated heterocycles. The Bertz CT molecular complexity index is 228. The molecule has 0 fully saturated rings. The van der Waals surface area contributed by atoms with Crippen molar-refractivity contribution in [2.24, 2.45) is 0 Å². The minimum atomic E-state index is -0.256. The van der Waals surface area contributed by atoms with Crippen LogP contribution in [0.1, 0.15) is 13.8 Å². The summed E-state index contributed by atoms with van der Waals surface area (Å²) >= 11 is 1.62. The fraction of sp³-hybridized carbons (Fsp3) is 0.375. The number of cyclic esters (lactones) is 1. The molecule has 0 aromatic heterocycles. The Kier molecular flexibility index (Phi) is 2.76. The van der Waals surface area contributed by atoms with E-state index in [0.717, 1.165) is 10.7 Å². The van der Waals surface area contributed by atoms with Crippen molar-refractivity contribution in [2.45, 2.75) is 13.8 Å². The van der Waals surface area contributed by atoms with E-state index in [9.17, 15) is 4.79 Å². The van der Waals surface area contributed by atoms with Crippen molar-refractivity contribution < 1.29 is 9.53 Å². The molecule has 1 aliphatic heterocycles. The molecule has 0 saturated carbocycles. The highest BCUT2D eigenvalue weighted by molar-refractivity contribution is 8.03. The smallest absolute Gasteiger partial charge is 0.337 e. The fourth-order valence-electron chi connectivity index (χ4n) is 0.836. The van der Waals surface area contributed by atoms with Gasteiger partial charge in [-0.25, -0.2) is 4.79 Å². The lowest BCUT2D eigenvalue weighted by molar-refractivity contribution is -0.132. The van der Waals surface area contributed by atoms with Gasteiger partial charge in [0.2, 0.25) is 0 Å². The van der Waals surface area contributed by atoms with Gasteiger partial charge < -0.3 is 4.74 Å². The van der Waals surface area contributed by atoms with E-state index in [-0.39, 0.29) is 5.97 Å². The van der Waals surface area contributed by atoms with Crippen LogP contribution in [0.25, 0.3) is 0 Å². The van der Waals surface area contributed by atoms with Gasteiger partial charge in [-0.3, -0.25) is 0 Å². The lowest BCUT2D eigenvalue weighted by atomic mass is 10.4. The Morgan fingerprint density at radius 1 is 1.73 bits per heavy atom. The zero-order valence-electron chi connectivity index (χ0n) is 6.59. The Labute approximate surface area is 70.3 Å². The average Bonchev–Trinajstić information content (AvgIpc) is 2.32. The van der Waals surface area contributed by atoms with E-state index in [1.165, 1.54) is 6.08 Å². The second-order valence-electron chi connectivity index (χ2n) is 2.02. The van der Waals surface area contributed by atoms with Crippen molar-refractivity contribution in [3.05, 3.63) is 22.8 Å². The molecule has 0 amide bonds. The summed E-state index contributed by atoms with van der Waals surface area (Å²) in [5.74, 6) is 1.40. The van der Waals surface area contributed by atoms with Crippen LogP contribution in [0.5, 0.6) is 0 Å². The first-order chi connectivity index (χ1) is 5.27. The van der Waals surface area contributed by atoms with E-state index in [1.54, 1.807) is 17.8 Å². The summed E-state index contributed by atoms with van der Waals surface area (Å²) in [5.41, 5.74) is 0. The SMILES string of the molecule is C/C=C1/OC(=O)C=C1SCC. The Hall–Kier alpha value is -0.700. The monoisotopic (exact) mass is 170 g/mol. The highest BCUT2D eigenvalue weighted by Crippen LogP contribution is 2.29. The molecule has 0 atom stereocenters. The third kappa shape index (κ3) is 1.87. The predicted molar refractivity (Wildman–Crippen MR) is 46.1 cm³/mol. The predicted octanol–water partition coefficient (Wildman–Crippen LogP) is 2.08. The van der Waals surface area contributed by atoms with Gasteiger partial charge in [0.15, 0.2) is 0 Å². The summed E-state index contributed by atoms with van der Waals surface area (Å²) in [6.45, 7) is 3.90. The van der Waals surface area contributed by atoms with Gasteiger partial charge >= 0.3 is 5.97 Å². The molecule has 0 aromatic carbocycles. The largest absolute Gasteiger partial charge is 0.422 e. The lowest BCUT2D eigenvalue weighted by Gasteiger charge is -1.99. The fourth-order valence-corrected chi connectivity index (χ4v) is 1.63. The molecule has 0 radical (unpaired) electrons. The van der Waals surface area contributed by atoms with E-state index < -0.39 is 0 Å². The van der Waals surface area contributed by atoms with Crippen molar-refractivity contribution in [1.82, 2.24) is 0 Å². The van der Waals surface area contributed by atoms with Crippen molar-refractivity contribution in [1.29, 1.82) is 0 Å². The maximum atomic E-state index is 10.7. The molecular weight excluding hydrogens is 160 g/mol. The van der Waals surface area contributed by atoms with Gasteiger partial charge in [0.05, 0.1) is 4.91 Å². The topological polar surface area (TPSA) is 26.3 Å². The van der Waals surface area contributed by atoms with Gasteiger partial charge in [0, 0.05) is 6.08 Å². The molecule has 0 aliphatic carbocycles. The average molecular weight is 170 g/mol. The number of hydrogen-bond donors (Lipinski definition) is 0. The van der Waals surface area contributed by atoms with E-state index in [2.05, 4.69) is 0 Å². The molecule has 2 nitrogen and oxygen atoms in total. The van der Waals surface area contributed by atoms with Gasteiger partial charge in [-0.1, -0.05) is 6.92 Å². The van der Waals surface area contributed by atoms with Gasteiger partial charge in [-0.15, -0.1) is 11.8 Å². The second kappa shape index (κ2) is 3.62. The summed E-state index contributed by atoms with van der Waals surface area (Å²) in [6.07, 6.45) is 3.34. The standard InChI is InChI=1S/C8H10O2S/c1-3-6-7(11-4-2)5-8(9)10-6/h3,5H,4H2,1-2H3/b6-3+. The number of hydrogen-bond acceptors (Lipinski definition) is 3. The van der Waals surface area contributed by atoms with Crippen LogP contribution in [0.3, 0.4) is 0 Å². The highest BCUT2D eigenvalue weighted by Gasteiger charge is 2.18. The van der Waals surface area contributed by atoms with E-state index in [1.807, 2.05) is 13.8 Å². The minimum absolute atomic E-state index is 0.256. The van der Waals surface area contributed by atoms with Crippen molar-refractivity contribution >= 4 is 17.7 Å². The molecule has 0 aromatic rings. The number of carbonyl (C=O) groups is 1. The van der Waals surface area contributed by atoms with Crippen LogP contribution in [0.4, 0.5) is 0 Å². The molecule has 60 valence electrons. The summed E-state index contributed by atoms with van der Waals surface area (Å²) < 4.78 is 4.88. The summed E-state index contributed by atoms with van der Waals surface area (Å²) in [6, 6.07) is 0. The minimum Gasteiger partial charge on any atom is -0.422 e. The van der Waals surface area contributed by atoms with Gasteiger partial charge in [-0.05, 0) is 18.8 Å². The van der Waals surface area contributed by atoms with E-state index in [4.69, 9.17) is 4.74 Å². The van der Waals surface area contributed by atoms with Crippen LogP contribution in [0.15, 0.2) is 22.8 Å². The Balaban J connectivity index is 2.74. The molecule has 0 N–H and O–H groups in total. The summed E-state index contributed by atoms with van der Waals surface area (Å²) in [5, 5.41) is 0. The van der Waals surface area contributed by atoms with Crippen LogP contribution in [-0.4, -0.2) is 11.7 Å². The van der Waals surface area contributed by atoms with Gasteiger partial charge in [0.25, 0.3) is 0 Å². The third-order valence-electron chi connectivity index (χ3n) is 1.26. The van der Waals surface area contributed by atoms with Crippen molar-refractivity contribution in [3.63, 3.8) is 0 Å². The molecule has 0 unspecified atom stereocenters. The third-order valence-corrected chi connectivity index (χ3v) is 2.18. The lowest BCUT2D eigenvalue weighted by Crippen LogP contribution is -1.89. The number of rotatable bonds is 2. The number of allylic oxidation sites excluding steroid dienone is 1. The van der Waals surface area contributed by atoms with Crippen molar-refractivity contribution in [3.8, 4) is 0 Å². The Morgan fingerprint density at radius 2 is 2.45 bits per heavy atom. The number of thioether (sulfide) groups is 1. The highest BCUT2D eigenvalue weighted by atomic mass is 32.2. The van der Waals surface area contributed by atoms with Crippen LogP contribution < -0.4 is 0 Å². The van der Waals surface area contributed by atoms with Gasteiger partial charge in [-0.2, -0.15) is 0 Å². The summed E-state index contributed by atoms with van der Waals surface area (Å²) in [7, 11) is 0. The molecule has 1 rings (SSSR count). The zero-order valence-corrected chi connectivity index (χ0v) is 7.40. The molecule has 0 bridgehead atoms. The first-order valence-electron chi connectivity index (χ1n) is 3.51. The van der Waals surface area contributed by atoms with Crippen molar-refractivity contribution in [2.75, 3.05) is 5.75 Å². The van der Waals surface area contributed by atoms with Gasteiger partial charge in [0.1, 0.15) is 5.76 Å². The summed E-state index contributed by atoms with van der Waals surface area (Å²) in [4.78, 5) is 11.7. The second-order valence-corrected chi connectivity index (χ2v) is 3.32. The van der Waals surface area contributed by atoms with Crippen LogP contribution in [0, 0.1) is 0 Å². The first-order valence-corrected chi connectivity index (χ1v) is 4.49.